The lowest BCUT2D eigenvalue weighted by molar-refractivity contribution is 1.09. The summed E-state index contributed by atoms with van der Waals surface area (Å²) in [5, 5.41) is 2.10. The molecule has 0 saturated heterocycles. The number of hydrogen-bond acceptors (Lipinski definition) is 2. The predicted molar refractivity (Wildman–Crippen MR) is 74.3 cm³/mol. The Hall–Kier alpha value is -0.540. The van der Waals surface area contributed by atoms with Gasteiger partial charge in [-0.1, -0.05) is 36.4 Å². The third kappa shape index (κ3) is 4.99. The Morgan fingerprint density at radius 3 is 2.12 bits per heavy atom. The summed E-state index contributed by atoms with van der Waals surface area (Å²) in [6.45, 7) is 0.336. The highest BCUT2D eigenvalue weighted by atomic mass is 35.5. The summed E-state index contributed by atoms with van der Waals surface area (Å²) >= 11 is 12.0. The standard InChI is InChI=1S/C10H8S.C2H5Cl2N/c1-2-5-9(6-3-1)10-7-4-8-11-10;3-2(4)1-5/h1-8H;2H,1,5H2. The second kappa shape index (κ2) is 7.69. The molecule has 1 aromatic carbocycles. The highest BCUT2D eigenvalue weighted by molar-refractivity contribution is 7.13. The smallest absolute Gasteiger partial charge is 0.120 e. The minimum atomic E-state index is -0.394. The molecule has 2 aromatic rings. The molecule has 16 heavy (non-hydrogen) atoms. The van der Waals surface area contributed by atoms with Gasteiger partial charge >= 0.3 is 0 Å². The van der Waals surface area contributed by atoms with E-state index in [2.05, 4.69) is 41.8 Å². The minimum Gasteiger partial charge on any atom is -0.328 e. The van der Waals surface area contributed by atoms with Gasteiger partial charge in [0, 0.05) is 11.4 Å². The molecular formula is C12H13Cl2NS. The number of thiophene rings is 1. The predicted octanol–water partition coefficient (Wildman–Crippen LogP) is 4.16. The lowest BCUT2D eigenvalue weighted by Gasteiger charge is -1.93. The van der Waals surface area contributed by atoms with E-state index >= 15 is 0 Å². The van der Waals surface area contributed by atoms with Crippen molar-refractivity contribution in [2.75, 3.05) is 6.54 Å². The topological polar surface area (TPSA) is 26.0 Å². The van der Waals surface area contributed by atoms with Crippen molar-refractivity contribution in [1.82, 2.24) is 0 Å². The van der Waals surface area contributed by atoms with Gasteiger partial charge in [0.2, 0.25) is 0 Å². The second-order valence-electron chi connectivity index (χ2n) is 2.97. The van der Waals surface area contributed by atoms with E-state index in [0.717, 1.165) is 0 Å². The third-order valence-corrected chi connectivity index (χ3v) is 3.03. The Kier molecular flexibility index (Phi) is 6.50. The van der Waals surface area contributed by atoms with E-state index < -0.39 is 4.84 Å². The Labute approximate surface area is 110 Å². The van der Waals surface area contributed by atoms with E-state index in [9.17, 15) is 0 Å². The van der Waals surface area contributed by atoms with Crippen LogP contribution in [0, 0.1) is 0 Å². The van der Waals surface area contributed by atoms with Crippen molar-refractivity contribution in [1.29, 1.82) is 0 Å². The fourth-order valence-electron chi connectivity index (χ4n) is 1.05. The Morgan fingerprint density at radius 2 is 1.69 bits per heavy atom. The Morgan fingerprint density at radius 1 is 1.06 bits per heavy atom. The summed E-state index contributed by atoms with van der Waals surface area (Å²) in [6, 6.07) is 14.6. The zero-order valence-corrected chi connectivity index (χ0v) is 11.0. The number of nitrogens with two attached hydrogens (primary N) is 1. The van der Waals surface area contributed by atoms with Crippen LogP contribution in [0.5, 0.6) is 0 Å². The van der Waals surface area contributed by atoms with Crippen molar-refractivity contribution in [3.63, 3.8) is 0 Å². The monoisotopic (exact) mass is 273 g/mol. The SMILES string of the molecule is NCC(Cl)Cl.c1ccc(-c2cccs2)cc1. The maximum absolute atomic E-state index is 5.10. The van der Waals surface area contributed by atoms with Crippen molar-refractivity contribution in [2.45, 2.75) is 4.84 Å². The van der Waals surface area contributed by atoms with Crippen LogP contribution in [0.3, 0.4) is 0 Å². The van der Waals surface area contributed by atoms with Crippen LogP contribution in [-0.4, -0.2) is 11.4 Å². The molecule has 0 amide bonds. The van der Waals surface area contributed by atoms with Crippen LogP contribution in [0.2, 0.25) is 0 Å². The van der Waals surface area contributed by atoms with Crippen molar-refractivity contribution in [2.24, 2.45) is 5.73 Å². The molecule has 0 bridgehead atoms. The Bertz CT molecular complexity index is 373. The first-order chi connectivity index (χ1) is 7.74. The number of benzene rings is 1. The maximum atomic E-state index is 5.10. The number of hydrogen-bond donors (Lipinski definition) is 1. The number of rotatable bonds is 2. The lowest BCUT2D eigenvalue weighted by Crippen LogP contribution is -2.06. The molecule has 1 nitrogen and oxygen atoms in total. The van der Waals surface area contributed by atoms with Crippen LogP contribution in [0.1, 0.15) is 0 Å². The van der Waals surface area contributed by atoms with Crippen molar-refractivity contribution in [3.05, 3.63) is 47.8 Å². The van der Waals surface area contributed by atoms with Gasteiger partial charge in [-0.15, -0.1) is 34.5 Å². The van der Waals surface area contributed by atoms with Crippen LogP contribution in [0.25, 0.3) is 10.4 Å². The zero-order valence-electron chi connectivity index (χ0n) is 8.64. The second-order valence-corrected chi connectivity index (χ2v) is 5.19. The molecule has 0 aliphatic heterocycles. The zero-order chi connectivity index (χ0) is 11.8. The first kappa shape index (κ1) is 13.5. The molecule has 86 valence electrons. The molecule has 0 saturated carbocycles. The number of alkyl halides is 2. The highest BCUT2D eigenvalue weighted by Crippen LogP contribution is 2.23. The quantitative estimate of drug-likeness (QED) is 0.817. The average Bonchev–Trinajstić information content (AvgIpc) is 2.84. The summed E-state index contributed by atoms with van der Waals surface area (Å²) in [6.07, 6.45) is 0. The third-order valence-electron chi connectivity index (χ3n) is 1.76. The summed E-state index contributed by atoms with van der Waals surface area (Å²) in [5.74, 6) is 0. The van der Waals surface area contributed by atoms with Crippen LogP contribution in [0.15, 0.2) is 47.8 Å². The van der Waals surface area contributed by atoms with Crippen molar-refractivity contribution < 1.29 is 0 Å². The van der Waals surface area contributed by atoms with Gasteiger partial charge in [-0.2, -0.15) is 0 Å². The van der Waals surface area contributed by atoms with Gasteiger partial charge in [0.1, 0.15) is 4.84 Å². The van der Waals surface area contributed by atoms with E-state index in [4.69, 9.17) is 28.9 Å². The normalized spacial score (nSPS) is 9.75. The van der Waals surface area contributed by atoms with Gasteiger partial charge < -0.3 is 5.73 Å². The summed E-state index contributed by atoms with van der Waals surface area (Å²) in [4.78, 5) is 0.945. The molecule has 0 aliphatic rings. The van der Waals surface area contributed by atoms with Crippen LogP contribution in [-0.2, 0) is 0 Å². The number of halogens is 2. The molecule has 0 fully saturated rings. The largest absolute Gasteiger partial charge is 0.328 e. The van der Waals surface area contributed by atoms with E-state index in [1.807, 2.05) is 6.07 Å². The minimum absolute atomic E-state index is 0.336. The maximum Gasteiger partial charge on any atom is 0.120 e. The molecule has 1 heterocycles. The molecule has 0 radical (unpaired) electrons. The lowest BCUT2D eigenvalue weighted by atomic mass is 10.2. The molecule has 0 unspecified atom stereocenters. The van der Waals surface area contributed by atoms with Gasteiger partial charge in [0.05, 0.1) is 0 Å². The van der Waals surface area contributed by atoms with E-state index in [0.29, 0.717) is 6.54 Å². The molecule has 0 spiro atoms. The van der Waals surface area contributed by atoms with Gasteiger partial charge in [-0.3, -0.25) is 0 Å². The van der Waals surface area contributed by atoms with Crippen LogP contribution < -0.4 is 5.73 Å². The van der Waals surface area contributed by atoms with Crippen molar-refractivity contribution >= 4 is 34.5 Å². The molecule has 2 rings (SSSR count). The fourth-order valence-corrected chi connectivity index (χ4v) is 1.78. The first-order valence-corrected chi connectivity index (χ1v) is 6.56. The average molecular weight is 274 g/mol. The molecule has 2 N–H and O–H groups in total. The van der Waals surface area contributed by atoms with Crippen LogP contribution >= 0.6 is 34.5 Å². The summed E-state index contributed by atoms with van der Waals surface area (Å²) < 4.78 is 0. The summed E-state index contributed by atoms with van der Waals surface area (Å²) in [5.41, 5.74) is 6.22. The van der Waals surface area contributed by atoms with E-state index in [-0.39, 0.29) is 0 Å². The van der Waals surface area contributed by atoms with Gasteiger partial charge in [-0.25, -0.2) is 0 Å². The van der Waals surface area contributed by atoms with Crippen molar-refractivity contribution in [3.8, 4) is 10.4 Å². The van der Waals surface area contributed by atoms with E-state index in [1.54, 1.807) is 11.3 Å². The van der Waals surface area contributed by atoms with Crippen LogP contribution in [0.4, 0.5) is 0 Å². The van der Waals surface area contributed by atoms with E-state index in [1.165, 1.54) is 10.4 Å². The molecule has 0 atom stereocenters. The van der Waals surface area contributed by atoms with Gasteiger partial charge in [0.25, 0.3) is 0 Å². The molecule has 1 aromatic heterocycles. The molecule has 0 aliphatic carbocycles. The van der Waals surface area contributed by atoms with Gasteiger partial charge in [0.15, 0.2) is 0 Å². The summed E-state index contributed by atoms with van der Waals surface area (Å²) in [7, 11) is 0. The first-order valence-electron chi connectivity index (χ1n) is 4.81. The highest BCUT2D eigenvalue weighted by Gasteiger charge is 1.94. The molecular weight excluding hydrogens is 261 g/mol. The fraction of sp³-hybridized carbons (Fsp3) is 0.167. The van der Waals surface area contributed by atoms with Gasteiger partial charge in [-0.05, 0) is 17.0 Å². The molecule has 4 heteroatoms. The Balaban J connectivity index is 0.000000221.